The van der Waals surface area contributed by atoms with Crippen molar-refractivity contribution >= 4 is 11.6 Å². The summed E-state index contributed by atoms with van der Waals surface area (Å²) in [5.41, 5.74) is 1.43. The van der Waals surface area contributed by atoms with Crippen LogP contribution in [-0.4, -0.2) is 15.4 Å². The molecular weight excluding hydrogens is 150 g/mol. The van der Waals surface area contributed by atoms with E-state index in [0.717, 1.165) is 23.5 Å². The summed E-state index contributed by atoms with van der Waals surface area (Å²) in [7, 11) is 0. The fourth-order valence-corrected chi connectivity index (χ4v) is 1.67. The first kappa shape index (κ1) is 7.53. The predicted octanol–water partition coefficient (Wildman–Crippen LogP) is 0.186. The van der Waals surface area contributed by atoms with Crippen molar-refractivity contribution in [1.82, 2.24) is 15.4 Å². The van der Waals surface area contributed by atoms with Crippen LogP contribution in [0.1, 0.15) is 26.7 Å². The Morgan fingerprint density at radius 2 is 2.33 bits per heavy atom. The maximum Gasteiger partial charge on any atom is 0.112 e. The Hall–Kier alpha value is -1.12. The number of aromatic amines is 1. The largest absolute Gasteiger partial charge is 0.258 e. The van der Waals surface area contributed by atoms with Gasteiger partial charge < -0.3 is 0 Å². The van der Waals surface area contributed by atoms with E-state index in [9.17, 15) is 0 Å². The van der Waals surface area contributed by atoms with Crippen LogP contribution < -0.4 is 10.7 Å². The minimum atomic E-state index is 0.586. The number of rotatable bonds is 1. The summed E-state index contributed by atoms with van der Waals surface area (Å²) in [4.78, 5) is 0. The van der Waals surface area contributed by atoms with Crippen LogP contribution in [0, 0.1) is 5.92 Å². The van der Waals surface area contributed by atoms with Crippen molar-refractivity contribution in [2.45, 2.75) is 26.7 Å². The van der Waals surface area contributed by atoms with Gasteiger partial charge in [0.1, 0.15) is 5.35 Å². The van der Waals surface area contributed by atoms with Gasteiger partial charge in [-0.2, -0.15) is 0 Å². The van der Waals surface area contributed by atoms with E-state index in [1.165, 1.54) is 5.57 Å². The van der Waals surface area contributed by atoms with Crippen molar-refractivity contribution in [2.24, 2.45) is 5.92 Å². The Morgan fingerprint density at radius 1 is 1.50 bits per heavy atom. The quantitative estimate of drug-likeness (QED) is 0.642. The van der Waals surface area contributed by atoms with E-state index in [2.05, 4.69) is 35.3 Å². The second kappa shape index (κ2) is 2.73. The summed E-state index contributed by atoms with van der Waals surface area (Å²) in [6.45, 7) is 4.41. The van der Waals surface area contributed by atoms with Crippen molar-refractivity contribution in [3.8, 4) is 0 Å². The molecular formula is C9H13N3. The van der Waals surface area contributed by atoms with E-state index in [1.54, 1.807) is 0 Å². The molecule has 0 saturated carbocycles. The van der Waals surface area contributed by atoms with Crippen molar-refractivity contribution in [3.05, 3.63) is 10.7 Å². The van der Waals surface area contributed by atoms with Gasteiger partial charge in [-0.1, -0.05) is 25.1 Å². The molecule has 1 aromatic rings. The maximum atomic E-state index is 4.09. The highest BCUT2D eigenvalue weighted by Gasteiger charge is 2.09. The van der Waals surface area contributed by atoms with Crippen LogP contribution in [0.2, 0.25) is 0 Å². The summed E-state index contributed by atoms with van der Waals surface area (Å²) in [6, 6.07) is 0. The smallest absolute Gasteiger partial charge is 0.112 e. The molecule has 0 unspecified atom stereocenters. The van der Waals surface area contributed by atoms with Crippen LogP contribution in [-0.2, 0) is 0 Å². The molecule has 0 atom stereocenters. The summed E-state index contributed by atoms with van der Waals surface area (Å²) < 4.78 is 0. The van der Waals surface area contributed by atoms with Crippen molar-refractivity contribution in [3.63, 3.8) is 0 Å². The Morgan fingerprint density at radius 3 is 3.08 bits per heavy atom. The lowest BCUT2D eigenvalue weighted by Crippen LogP contribution is -2.31. The molecule has 64 valence electrons. The highest BCUT2D eigenvalue weighted by Crippen LogP contribution is 2.16. The zero-order chi connectivity index (χ0) is 8.55. The van der Waals surface area contributed by atoms with E-state index in [4.69, 9.17) is 0 Å². The molecule has 0 bridgehead atoms. The third kappa shape index (κ3) is 1.05. The second-order valence-electron chi connectivity index (χ2n) is 3.50. The molecule has 0 spiro atoms. The standard InChI is InChI=1S/C9H13N3/c1-6(2)7-4-3-5-8-9(7)11-12-10-8/h5-6H,3-4H2,1-2H3,(H,10,11). The van der Waals surface area contributed by atoms with Gasteiger partial charge in [-0.25, -0.2) is 0 Å². The third-order valence-electron chi connectivity index (χ3n) is 2.34. The van der Waals surface area contributed by atoms with Gasteiger partial charge in [0.05, 0.1) is 5.35 Å². The van der Waals surface area contributed by atoms with E-state index >= 15 is 0 Å². The Labute approximate surface area is 71.2 Å². The Bertz CT molecular complexity index is 386. The minimum absolute atomic E-state index is 0.586. The number of aromatic nitrogens is 3. The van der Waals surface area contributed by atoms with Gasteiger partial charge >= 0.3 is 0 Å². The molecule has 1 aliphatic rings. The Kier molecular flexibility index (Phi) is 1.71. The molecule has 3 nitrogen and oxygen atoms in total. The van der Waals surface area contributed by atoms with Gasteiger partial charge in [-0.15, -0.1) is 5.10 Å². The maximum absolute atomic E-state index is 4.09. The van der Waals surface area contributed by atoms with E-state index < -0.39 is 0 Å². The van der Waals surface area contributed by atoms with Gasteiger partial charge in [0.2, 0.25) is 0 Å². The number of fused-ring (bicyclic) bond motifs is 1. The van der Waals surface area contributed by atoms with Gasteiger partial charge in [0, 0.05) is 0 Å². The highest BCUT2D eigenvalue weighted by atomic mass is 15.3. The number of hydrogen-bond acceptors (Lipinski definition) is 2. The van der Waals surface area contributed by atoms with Crippen LogP contribution >= 0.6 is 0 Å². The number of nitrogens with one attached hydrogen (secondary N) is 1. The molecule has 0 radical (unpaired) electrons. The van der Waals surface area contributed by atoms with Gasteiger partial charge in [0.25, 0.3) is 0 Å². The summed E-state index contributed by atoms with van der Waals surface area (Å²) >= 11 is 0. The molecule has 0 fully saturated rings. The van der Waals surface area contributed by atoms with E-state index in [0.29, 0.717) is 5.92 Å². The Balaban J connectivity index is 2.72. The monoisotopic (exact) mass is 163 g/mol. The molecule has 1 N–H and O–H groups in total. The lowest BCUT2D eigenvalue weighted by molar-refractivity contribution is 0.789. The topological polar surface area (TPSA) is 41.6 Å². The lowest BCUT2D eigenvalue weighted by atomic mass is 9.95. The summed E-state index contributed by atoms with van der Waals surface area (Å²) in [5.74, 6) is 0.586. The number of nitrogens with zero attached hydrogens (tertiary/aromatic N) is 2. The van der Waals surface area contributed by atoms with E-state index in [1.807, 2.05) is 0 Å². The zero-order valence-electron chi connectivity index (χ0n) is 7.46. The fourth-order valence-electron chi connectivity index (χ4n) is 1.67. The first-order chi connectivity index (χ1) is 5.79. The molecule has 0 aromatic carbocycles. The molecule has 0 saturated heterocycles. The predicted molar refractivity (Wildman–Crippen MR) is 47.6 cm³/mol. The van der Waals surface area contributed by atoms with Gasteiger partial charge in [-0.05, 0) is 24.3 Å². The summed E-state index contributed by atoms with van der Waals surface area (Å²) in [6.07, 6.45) is 4.42. The van der Waals surface area contributed by atoms with Crippen molar-refractivity contribution in [2.75, 3.05) is 0 Å². The normalized spacial score (nSPS) is 16.1. The molecule has 1 aromatic heterocycles. The second-order valence-corrected chi connectivity index (χ2v) is 3.50. The van der Waals surface area contributed by atoms with Crippen molar-refractivity contribution in [1.29, 1.82) is 0 Å². The lowest BCUT2D eigenvalue weighted by Gasteiger charge is -2.10. The average Bonchev–Trinajstić information content (AvgIpc) is 2.49. The first-order valence-electron chi connectivity index (χ1n) is 4.39. The first-order valence-corrected chi connectivity index (χ1v) is 4.39. The van der Waals surface area contributed by atoms with Crippen LogP contribution in [0.5, 0.6) is 0 Å². The fraction of sp³-hybridized carbons (Fsp3) is 0.556. The molecule has 0 amide bonds. The van der Waals surface area contributed by atoms with Crippen molar-refractivity contribution < 1.29 is 0 Å². The molecule has 1 aliphatic carbocycles. The average molecular weight is 163 g/mol. The highest BCUT2D eigenvalue weighted by molar-refractivity contribution is 5.49. The van der Waals surface area contributed by atoms with Crippen LogP contribution in [0.15, 0.2) is 0 Å². The molecule has 0 aliphatic heterocycles. The van der Waals surface area contributed by atoms with Gasteiger partial charge in [0.15, 0.2) is 0 Å². The zero-order valence-corrected chi connectivity index (χ0v) is 7.46. The van der Waals surface area contributed by atoms with Crippen LogP contribution in [0.3, 0.4) is 0 Å². The molecule has 2 rings (SSSR count). The number of hydrogen-bond donors (Lipinski definition) is 1. The summed E-state index contributed by atoms with van der Waals surface area (Å²) in [5, 5.41) is 13.0. The molecule has 12 heavy (non-hydrogen) atoms. The van der Waals surface area contributed by atoms with Gasteiger partial charge in [-0.3, -0.25) is 5.10 Å². The molecule has 3 heteroatoms. The molecule has 1 heterocycles. The third-order valence-corrected chi connectivity index (χ3v) is 2.34. The SMILES string of the molecule is CC(C)C1=c2nn[nH]c2=CCC1. The van der Waals surface area contributed by atoms with E-state index in [-0.39, 0.29) is 0 Å². The minimum Gasteiger partial charge on any atom is -0.258 e. The van der Waals surface area contributed by atoms with Crippen LogP contribution in [0.4, 0.5) is 0 Å². The number of H-pyrrole nitrogens is 1. The van der Waals surface area contributed by atoms with Crippen LogP contribution in [0.25, 0.3) is 11.6 Å².